The van der Waals surface area contributed by atoms with E-state index in [1.165, 1.54) is 0 Å². The van der Waals surface area contributed by atoms with Gasteiger partial charge in [0.15, 0.2) is 5.82 Å². The Kier molecular flexibility index (Phi) is 4.35. The van der Waals surface area contributed by atoms with Crippen LogP contribution in [0.4, 0.5) is 0 Å². The van der Waals surface area contributed by atoms with Gasteiger partial charge in [-0.1, -0.05) is 12.1 Å². The molecule has 1 unspecified atom stereocenters. The number of aromatic nitrogens is 5. The first-order chi connectivity index (χ1) is 8.86. The van der Waals surface area contributed by atoms with Crippen molar-refractivity contribution in [2.45, 2.75) is 32.9 Å². The third-order valence-corrected chi connectivity index (χ3v) is 2.69. The van der Waals surface area contributed by atoms with Crippen molar-refractivity contribution in [1.29, 1.82) is 0 Å². The van der Waals surface area contributed by atoms with Gasteiger partial charge in [0.25, 0.3) is 0 Å². The van der Waals surface area contributed by atoms with E-state index in [2.05, 4.69) is 32.5 Å². The van der Waals surface area contributed by atoms with Crippen molar-refractivity contribution < 1.29 is 0 Å². The highest BCUT2D eigenvalue weighted by molar-refractivity contribution is 5.14. The second-order valence-corrected chi connectivity index (χ2v) is 3.97. The van der Waals surface area contributed by atoms with E-state index >= 15 is 0 Å². The Hall–Kier alpha value is -1.82. The smallest absolute Gasteiger partial charge is 0.151 e. The Bertz CT molecular complexity index is 466. The molecule has 6 nitrogen and oxygen atoms in total. The van der Waals surface area contributed by atoms with Crippen molar-refractivity contribution in [2.75, 3.05) is 6.54 Å². The molecule has 0 aliphatic heterocycles. The van der Waals surface area contributed by atoms with Crippen LogP contribution < -0.4 is 5.32 Å². The summed E-state index contributed by atoms with van der Waals surface area (Å²) in [6, 6.07) is 1.76. The molecule has 0 aliphatic carbocycles. The number of rotatable bonds is 6. The first kappa shape index (κ1) is 12.6. The van der Waals surface area contributed by atoms with E-state index in [0.717, 1.165) is 31.0 Å². The lowest BCUT2D eigenvalue weighted by molar-refractivity contribution is 0.508. The quantitative estimate of drug-likeness (QED) is 0.828. The van der Waals surface area contributed by atoms with Gasteiger partial charge in [0.1, 0.15) is 6.04 Å². The number of nitrogens with one attached hydrogen (secondary N) is 1. The fraction of sp³-hybridized carbons (Fsp3) is 0.500. The molecule has 2 heterocycles. The standard InChI is InChI=1S/C12H18N6/c1-3-6-13-11(12-14-7-5-8-15-12)10-9-16-17-18(10)4-2/h5,7-9,11,13H,3-4,6H2,1-2H3. The van der Waals surface area contributed by atoms with E-state index in [1.807, 2.05) is 17.7 Å². The van der Waals surface area contributed by atoms with Gasteiger partial charge in [0, 0.05) is 18.9 Å². The minimum Gasteiger partial charge on any atom is -0.302 e. The van der Waals surface area contributed by atoms with Crippen molar-refractivity contribution in [3.8, 4) is 0 Å². The minimum atomic E-state index is -0.0545. The Morgan fingerprint density at radius 2 is 2.06 bits per heavy atom. The van der Waals surface area contributed by atoms with Crippen molar-refractivity contribution in [1.82, 2.24) is 30.3 Å². The van der Waals surface area contributed by atoms with Crippen molar-refractivity contribution in [2.24, 2.45) is 0 Å². The Morgan fingerprint density at radius 1 is 1.28 bits per heavy atom. The van der Waals surface area contributed by atoms with Gasteiger partial charge >= 0.3 is 0 Å². The van der Waals surface area contributed by atoms with Crippen LogP contribution in [0.25, 0.3) is 0 Å². The molecule has 2 aromatic heterocycles. The SMILES string of the molecule is CCCNC(c1ncccn1)c1cnnn1CC. The van der Waals surface area contributed by atoms with Crippen molar-refractivity contribution in [3.63, 3.8) is 0 Å². The zero-order valence-electron chi connectivity index (χ0n) is 10.7. The lowest BCUT2D eigenvalue weighted by atomic mass is 10.2. The normalized spacial score (nSPS) is 12.6. The topological polar surface area (TPSA) is 68.5 Å². The maximum absolute atomic E-state index is 4.32. The summed E-state index contributed by atoms with van der Waals surface area (Å²) in [5.74, 6) is 0.753. The predicted octanol–water partition coefficient (Wildman–Crippen LogP) is 1.18. The minimum absolute atomic E-state index is 0.0545. The molecule has 0 saturated carbocycles. The zero-order valence-corrected chi connectivity index (χ0v) is 10.7. The lowest BCUT2D eigenvalue weighted by Gasteiger charge is -2.17. The van der Waals surface area contributed by atoms with Crippen LogP contribution in [0.1, 0.15) is 37.8 Å². The summed E-state index contributed by atoms with van der Waals surface area (Å²) in [7, 11) is 0. The largest absolute Gasteiger partial charge is 0.302 e. The molecule has 0 aromatic carbocycles. The summed E-state index contributed by atoms with van der Waals surface area (Å²) in [4.78, 5) is 8.64. The van der Waals surface area contributed by atoms with Crippen LogP contribution in [0.15, 0.2) is 24.7 Å². The first-order valence-electron chi connectivity index (χ1n) is 6.25. The highest BCUT2D eigenvalue weighted by atomic mass is 15.4. The lowest BCUT2D eigenvalue weighted by Crippen LogP contribution is -2.27. The van der Waals surface area contributed by atoms with Crippen LogP contribution in [-0.4, -0.2) is 31.5 Å². The average Bonchev–Trinajstić information content (AvgIpc) is 2.89. The highest BCUT2D eigenvalue weighted by Crippen LogP contribution is 2.17. The molecule has 0 bridgehead atoms. The molecule has 2 aromatic rings. The van der Waals surface area contributed by atoms with E-state index in [4.69, 9.17) is 0 Å². The van der Waals surface area contributed by atoms with Gasteiger partial charge in [-0.15, -0.1) is 5.10 Å². The molecular formula is C12H18N6. The molecule has 0 aliphatic rings. The average molecular weight is 246 g/mol. The van der Waals surface area contributed by atoms with Gasteiger partial charge in [-0.05, 0) is 26.0 Å². The van der Waals surface area contributed by atoms with Crippen LogP contribution in [0.3, 0.4) is 0 Å². The number of hydrogen-bond donors (Lipinski definition) is 1. The molecule has 0 fully saturated rings. The summed E-state index contributed by atoms with van der Waals surface area (Å²) >= 11 is 0. The Morgan fingerprint density at radius 3 is 2.72 bits per heavy atom. The highest BCUT2D eigenvalue weighted by Gasteiger charge is 2.20. The van der Waals surface area contributed by atoms with Crippen LogP contribution in [0, 0.1) is 0 Å². The second-order valence-electron chi connectivity index (χ2n) is 3.97. The molecule has 0 saturated heterocycles. The first-order valence-corrected chi connectivity index (χ1v) is 6.25. The van der Waals surface area contributed by atoms with Crippen LogP contribution in [0.5, 0.6) is 0 Å². The fourth-order valence-corrected chi connectivity index (χ4v) is 1.81. The summed E-state index contributed by atoms with van der Waals surface area (Å²) in [5, 5.41) is 11.5. The molecule has 0 spiro atoms. The van der Waals surface area contributed by atoms with Gasteiger partial charge in [0.2, 0.25) is 0 Å². The van der Waals surface area contributed by atoms with Crippen LogP contribution >= 0.6 is 0 Å². The summed E-state index contributed by atoms with van der Waals surface area (Å²) < 4.78 is 1.86. The van der Waals surface area contributed by atoms with E-state index < -0.39 is 0 Å². The predicted molar refractivity (Wildman–Crippen MR) is 67.9 cm³/mol. The van der Waals surface area contributed by atoms with Gasteiger partial charge in [0.05, 0.1) is 11.9 Å². The van der Waals surface area contributed by atoms with Gasteiger partial charge in [-0.3, -0.25) is 0 Å². The van der Waals surface area contributed by atoms with Gasteiger partial charge in [-0.2, -0.15) is 0 Å². The number of aryl methyl sites for hydroxylation is 1. The maximum atomic E-state index is 4.32. The third-order valence-electron chi connectivity index (χ3n) is 2.69. The summed E-state index contributed by atoms with van der Waals surface area (Å²) in [6.07, 6.45) is 6.33. The monoisotopic (exact) mass is 246 g/mol. The number of nitrogens with zero attached hydrogens (tertiary/aromatic N) is 5. The molecule has 1 atom stereocenters. The Labute approximate surface area is 106 Å². The van der Waals surface area contributed by atoms with Gasteiger partial charge < -0.3 is 5.32 Å². The van der Waals surface area contributed by atoms with Crippen molar-refractivity contribution in [3.05, 3.63) is 36.2 Å². The van der Waals surface area contributed by atoms with E-state index in [1.54, 1.807) is 18.6 Å². The van der Waals surface area contributed by atoms with Gasteiger partial charge in [-0.25, -0.2) is 14.6 Å². The fourth-order valence-electron chi connectivity index (χ4n) is 1.81. The van der Waals surface area contributed by atoms with Crippen molar-refractivity contribution >= 4 is 0 Å². The Balaban J connectivity index is 2.31. The summed E-state index contributed by atoms with van der Waals surface area (Å²) in [6.45, 7) is 5.86. The molecule has 0 amide bonds. The molecule has 0 radical (unpaired) electrons. The zero-order chi connectivity index (χ0) is 12.8. The maximum Gasteiger partial charge on any atom is 0.151 e. The molecule has 18 heavy (non-hydrogen) atoms. The summed E-state index contributed by atoms with van der Waals surface area (Å²) in [5.41, 5.74) is 0.997. The van der Waals surface area contributed by atoms with E-state index in [-0.39, 0.29) is 6.04 Å². The molecule has 6 heteroatoms. The molecule has 1 N–H and O–H groups in total. The van der Waals surface area contributed by atoms with Crippen LogP contribution in [-0.2, 0) is 6.54 Å². The van der Waals surface area contributed by atoms with E-state index in [0.29, 0.717) is 0 Å². The van der Waals surface area contributed by atoms with E-state index in [9.17, 15) is 0 Å². The second kappa shape index (κ2) is 6.20. The molecular weight excluding hydrogens is 228 g/mol. The molecule has 2 rings (SSSR count). The van der Waals surface area contributed by atoms with Crippen LogP contribution in [0.2, 0.25) is 0 Å². The molecule has 96 valence electrons. The third kappa shape index (κ3) is 2.70. The number of hydrogen-bond acceptors (Lipinski definition) is 5.